The van der Waals surface area contributed by atoms with E-state index in [1.54, 1.807) is 29.2 Å². The maximum absolute atomic E-state index is 13.0. The van der Waals surface area contributed by atoms with E-state index < -0.39 is 17.9 Å². The van der Waals surface area contributed by atoms with Crippen molar-refractivity contribution in [2.75, 3.05) is 19.7 Å². The Kier molecular flexibility index (Phi) is 10.0. The van der Waals surface area contributed by atoms with Crippen molar-refractivity contribution in [3.63, 3.8) is 0 Å². The monoisotopic (exact) mass is 497 g/mol. The number of carbonyl (C=O) groups is 3. The van der Waals surface area contributed by atoms with E-state index >= 15 is 0 Å². The van der Waals surface area contributed by atoms with Crippen LogP contribution in [-0.2, 0) is 20.9 Å². The molecular formula is C26H31N3O5S. The summed E-state index contributed by atoms with van der Waals surface area (Å²) in [4.78, 5) is 39.5. The Balaban J connectivity index is 1.61. The third kappa shape index (κ3) is 7.78. The molecule has 0 saturated carbocycles. The average molecular weight is 498 g/mol. The lowest BCUT2D eigenvalue weighted by Crippen LogP contribution is -2.60. The van der Waals surface area contributed by atoms with Crippen molar-refractivity contribution in [2.24, 2.45) is 0 Å². The molecule has 1 unspecified atom stereocenters. The summed E-state index contributed by atoms with van der Waals surface area (Å²) >= 11 is 5.46. The van der Waals surface area contributed by atoms with Gasteiger partial charge in [0.05, 0.1) is 18.6 Å². The van der Waals surface area contributed by atoms with E-state index in [1.807, 2.05) is 30.3 Å². The second kappa shape index (κ2) is 13.4. The van der Waals surface area contributed by atoms with E-state index in [0.717, 1.165) is 24.8 Å². The predicted octanol–water partition coefficient (Wildman–Crippen LogP) is 3.20. The van der Waals surface area contributed by atoms with Crippen LogP contribution in [0.3, 0.4) is 0 Å². The van der Waals surface area contributed by atoms with Crippen molar-refractivity contribution in [2.45, 2.75) is 45.3 Å². The van der Waals surface area contributed by atoms with Crippen molar-refractivity contribution >= 4 is 35.1 Å². The zero-order valence-electron chi connectivity index (χ0n) is 19.8. The lowest BCUT2D eigenvalue weighted by atomic mass is 10.1. The SMILES string of the molecule is CCCCCOc1ccccc1C(=O)NC(=S)N1CCNC(=O)C1CC(=O)OCc1ccccc1. The standard InChI is InChI=1S/C26H31N3O5S/c1-2-3-9-16-33-22-13-8-7-12-20(22)24(31)28-26(35)29-15-14-27-25(32)21(29)17-23(30)34-18-19-10-5-4-6-11-19/h4-8,10-13,21H,2-3,9,14-18H2,1H3,(H,27,32)(H,28,31,35). The first-order valence-corrected chi connectivity index (χ1v) is 12.2. The molecule has 186 valence electrons. The third-order valence-corrected chi connectivity index (χ3v) is 5.89. The smallest absolute Gasteiger partial charge is 0.308 e. The molecule has 35 heavy (non-hydrogen) atoms. The fourth-order valence-corrected chi connectivity index (χ4v) is 3.98. The van der Waals surface area contributed by atoms with Crippen LogP contribution in [0.4, 0.5) is 0 Å². The van der Waals surface area contributed by atoms with E-state index in [0.29, 0.717) is 31.0 Å². The Hall–Kier alpha value is -3.46. The van der Waals surface area contributed by atoms with Gasteiger partial charge >= 0.3 is 5.97 Å². The number of nitrogens with zero attached hydrogens (tertiary/aromatic N) is 1. The van der Waals surface area contributed by atoms with Gasteiger partial charge in [-0.15, -0.1) is 0 Å². The molecule has 0 radical (unpaired) electrons. The van der Waals surface area contributed by atoms with Crippen molar-refractivity contribution in [1.82, 2.24) is 15.5 Å². The first kappa shape index (κ1) is 26.2. The number of unbranched alkanes of at least 4 members (excludes halogenated alkanes) is 2. The maximum atomic E-state index is 13.0. The van der Waals surface area contributed by atoms with Crippen LogP contribution in [0.15, 0.2) is 54.6 Å². The number of ether oxygens (including phenoxy) is 2. The second-order valence-corrected chi connectivity index (χ2v) is 8.55. The van der Waals surface area contributed by atoms with Crippen LogP contribution in [0.1, 0.15) is 48.5 Å². The van der Waals surface area contributed by atoms with Crippen LogP contribution in [0.25, 0.3) is 0 Å². The highest BCUT2D eigenvalue weighted by atomic mass is 32.1. The van der Waals surface area contributed by atoms with E-state index in [4.69, 9.17) is 21.7 Å². The van der Waals surface area contributed by atoms with Gasteiger partial charge in [-0.2, -0.15) is 0 Å². The molecular weight excluding hydrogens is 466 g/mol. The van der Waals surface area contributed by atoms with E-state index in [-0.39, 0.29) is 24.0 Å². The third-order valence-electron chi connectivity index (χ3n) is 5.55. The highest BCUT2D eigenvalue weighted by Gasteiger charge is 2.34. The molecule has 0 aromatic heterocycles. The molecule has 1 saturated heterocycles. The summed E-state index contributed by atoms with van der Waals surface area (Å²) < 4.78 is 11.1. The van der Waals surface area contributed by atoms with Crippen LogP contribution in [0, 0.1) is 0 Å². The lowest BCUT2D eigenvalue weighted by Gasteiger charge is -2.36. The molecule has 2 aromatic carbocycles. The summed E-state index contributed by atoms with van der Waals surface area (Å²) in [5, 5.41) is 5.51. The fourth-order valence-electron chi connectivity index (χ4n) is 3.67. The van der Waals surface area contributed by atoms with Crippen LogP contribution >= 0.6 is 12.2 Å². The first-order chi connectivity index (χ1) is 17.0. The van der Waals surface area contributed by atoms with Gasteiger partial charge in [-0.3, -0.25) is 19.7 Å². The minimum Gasteiger partial charge on any atom is -0.493 e. The van der Waals surface area contributed by atoms with Gasteiger partial charge in [0, 0.05) is 13.1 Å². The predicted molar refractivity (Wildman–Crippen MR) is 136 cm³/mol. The molecule has 9 heteroatoms. The first-order valence-electron chi connectivity index (χ1n) is 11.8. The van der Waals surface area contributed by atoms with Crippen LogP contribution in [0.2, 0.25) is 0 Å². The minimum absolute atomic E-state index is 0.0755. The molecule has 0 spiro atoms. The number of rotatable bonds is 10. The highest BCUT2D eigenvalue weighted by Crippen LogP contribution is 2.19. The minimum atomic E-state index is -0.875. The Labute approximate surface area is 211 Å². The number of amides is 2. The summed E-state index contributed by atoms with van der Waals surface area (Å²) in [6.45, 7) is 3.45. The molecule has 1 heterocycles. The molecule has 0 aliphatic carbocycles. The Morgan fingerprint density at radius 1 is 1.11 bits per heavy atom. The van der Waals surface area contributed by atoms with Gasteiger partial charge in [-0.25, -0.2) is 0 Å². The van der Waals surface area contributed by atoms with Gasteiger partial charge in [-0.1, -0.05) is 62.2 Å². The van der Waals surface area contributed by atoms with Gasteiger partial charge in [0.1, 0.15) is 18.4 Å². The summed E-state index contributed by atoms with van der Waals surface area (Å²) in [7, 11) is 0. The van der Waals surface area contributed by atoms with Gasteiger partial charge < -0.3 is 19.7 Å². The average Bonchev–Trinajstić information content (AvgIpc) is 2.87. The zero-order chi connectivity index (χ0) is 25.0. The van der Waals surface area contributed by atoms with Gasteiger partial charge in [0.25, 0.3) is 5.91 Å². The van der Waals surface area contributed by atoms with E-state index in [9.17, 15) is 14.4 Å². The summed E-state index contributed by atoms with van der Waals surface area (Å²) in [5.41, 5.74) is 1.20. The number of nitrogens with one attached hydrogen (secondary N) is 2. The number of hydrogen-bond donors (Lipinski definition) is 2. The van der Waals surface area contributed by atoms with Crippen LogP contribution in [-0.4, -0.2) is 53.5 Å². The zero-order valence-corrected chi connectivity index (χ0v) is 20.6. The fraction of sp³-hybridized carbons (Fsp3) is 0.385. The topological polar surface area (TPSA) is 97.0 Å². The summed E-state index contributed by atoms with van der Waals surface area (Å²) in [6, 6.07) is 15.4. The van der Waals surface area contributed by atoms with E-state index in [2.05, 4.69) is 17.6 Å². The van der Waals surface area contributed by atoms with Gasteiger partial charge in [0.2, 0.25) is 5.91 Å². The maximum Gasteiger partial charge on any atom is 0.308 e. The van der Waals surface area contributed by atoms with E-state index in [1.165, 1.54) is 0 Å². The Bertz CT molecular complexity index is 1030. The second-order valence-electron chi connectivity index (χ2n) is 8.16. The Morgan fingerprint density at radius 3 is 2.63 bits per heavy atom. The number of hydrogen-bond acceptors (Lipinski definition) is 6. The molecule has 2 amide bonds. The number of esters is 1. The molecule has 1 aliphatic rings. The summed E-state index contributed by atoms with van der Waals surface area (Å²) in [6.07, 6.45) is 2.83. The molecule has 8 nitrogen and oxygen atoms in total. The number of para-hydroxylation sites is 1. The normalized spacial score (nSPS) is 15.2. The molecule has 2 aromatic rings. The quantitative estimate of drug-likeness (QED) is 0.296. The number of benzene rings is 2. The molecule has 0 bridgehead atoms. The van der Waals surface area contributed by atoms with Crippen molar-refractivity contribution in [1.29, 1.82) is 0 Å². The molecule has 3 rings (SSSR count). The Morgan fingerprint density at radius 2 is 1.86 bits per heavy atom. The van der Waals surface area contributed by atoms with Crippen LogP contribution in [0.5, 0.6) is 5.75 Å². The van der Waals surface area contributed by atoms with Crippen LogP contribution < -0.4 is 15.4 Å². The number of piperazine rings is 1. The molecule has 1 atom stereocenters. The lowest BCUT2D eigenvalue weighted by molar-refractivity contribution is -0.148. The van der Waals surface area contributed by atoms with Crippen molar-refractivity contribution in [3.8, 4) is 5.75 Å². The summed E-state index contributed by atoms with van der Waals surface area (Å²) in [5.74, 6) is -0.830. The van der Waals surface area contributed by atoms with Gasteiger partial charge in [0.15, 0.2) is 5.11 Å². The molecule has 2 N–H and O–H groups in total. The largest absolute Gasteiger partial charge is 0.493 e. The highest BCUT2D eigenvalue weighted by molar-refractivity contribution is 7.80. The molecule has 1 aliphatic heterocycles. The van der Waals surface area contributed by atoms with Crippen molar-refractivity contribution in [3.05, 3.63) is 65.7 Å². The van der Waals surface area contributed by atoms with Gasteiger partial charge in [-0.05, 0) is 36.3 Å². The molecule has 1 fully saturated rings. The number of thiocarbonyl (C=S) groups is 1. The van der Waals surface area contributed by atoms with Crippen molar-refractivity contribution < 1.29 is 23.9 Å². The number of carbonyl (C=O) groups excluding carboxylic acids is 3.